The highest BCUT2D eigenvalue weighted by atomic mass is 32.2. The molecule has 1 atom stereocenters. The van der Waals surface area contributed by atoms with Crippen molar-refractivity contribution in [1.29, 1.82) is 0 Å². The zero-order valence-electron chi connectivity index (χ0n) is 15.7. The van der Waals surface area contributed by atoms with Crippen molar-refractivity contribution in [3.05, 3.63) is 29.8 Å². The monoisotopic (exact) mass is 429 g/mol. The van der Waals surface area contributed by atoms with Crippen molar-refractivity contribution >= 4 is 23.8 Å². The maximum Gasteiger partial charge on any atom is 0.446 e. The maximum absolute atomic E-state index is 12.4. The van der Waals surface area contributed by atoms with Crippen molar-refractivity contribution in [3.8, 4) is 0 Å². The average Bonchev–Trinajstić information content (AvgIpc) is 2.99. The third kappa shape index (κ3) is 4.98. The highest BCUT2D eigenvalue weighted by Gasteiger charge is 2.52. The van der Waals surface area contributed by atoms with E-state index in [0.29, 0.717) is 26.0 Å². The van der Waals surface area contributed by atoms with Gasteiger partial charge in [0, 0.05) is 49.5 Å². The lowest BCUT2D eigenvalue weighted by atomic mass is 9.72. The van der Waals surface area contributed by atoms with E-state index in [1.54, 1.807) is 12.1 Å². The van der Waals surface area contributed by atoms with Crippen LogP contribution in [-0.2, 0) is 16.1 Å². The minimum absolute atomic E-state index is 0.0817. The minimum Gasteiger partial charge on any atom is -0.447 e. The molecule has 6 nitrogen and oxygen atoms in total. The summed E-state index contributed by atoms with van der Waals surface area (Å²) in [5, 5.41) is 2.67. The Kier molecular flexibility index (Phi) is 5.41. The first-order valence-corrected chi connectivity index (χ1v) is 10.3. The van der Waals surface area contributed by atoms with E-state index in [2.05, 4.69) is 10.2 Å². The fraction of sp³-hybridized carbons (Fsp3) is 0.579. The lowest BCUT2D eigenvalue weighted by Gasteiger charge is -2.60. The molecular formula is C19H22F3N3O3S. The Hall–Kier alpha value is -1.94. The summed E-state index contributed by atoms with van der Waals surface area (Å²) in [6, 6.07) is 6.40. The number of rotatable bonds is 6. The van der Waals surface area contributed by atoms with Crippen molar-refractivity contribution in [1.82, 2.24) is 15.1 Å². The number of nitrogens with one attached hydrogen (secondary N) is 1. The van der Waals surface area contributed by atoms with E-state index in [1.165, 1.54) is 12.1 Å². The fourth-order valence-electron chi connectivity index (χ4n) is 4.25. The van der Waals surface area contributed by atoms with Crippen LogP contribution in [0.3, 0.4) is 0 Å². The number of benzene rings is 1. The predicted molar refractivity (Wildman–Crippen MR) is 100 cm³/mol. The molecule has 3 heterocycles. The van der Waals surface area contributed by atoms with Gasteiger partial charge in [0.05, 0.1) is 6.04 Å². The van der Waals surface area contributed by atoms with Crippen LogP contribution in [0.15, 0.2) is 29.2 Å². The Morgan fingerprint density at radius 2 is 1.90 bits per heavy atom. The van der Waals surface area contributed by atoms with E-state index < -0.39 is 11.6 Å². The number of likely N-dealkylation sites (tertiary alicyclic amines) is 2. The van der Waals surface area contributed by atoms with Crippen LogP contribution < -0.4 is 5.32 Å². The number of thioether (sulfide) groups is 1. The molecule has 3 fully saturated rings. The summed E-state index contributed by atoms with van der Waals surface area (Å²) in [5.41, 5.74) is -3.12. The molecule has 1 spiro atoms. The number of carbonyl (C=O) groups is 2. The Labute approximate surface area is 170 Å². The molecule has 0 aromatic heterocycles. The van der Waals surface area contributed by atoms with Gasteiger partial charge in [-0.1, -0.05) is 12.1 Å². The summed E-state index contributed by atoms with van der Waals surface area (Å²) in [5.74, 6) is 0.105. The van der Waals surface area contributed by atoms with Crippen LogP contribution >= 0.6 is 11.8 Å². The number of cyclic esters (lactones) is 1. The molecule has 29 heavy (non-hydrogen) atoms. The van der Waals surface area contributed by atoms with E-state index in [0.717, 1.165) is 31.7 Å². The van der Waals surface area contributed by atoms with Crippen molar-refractivity contribution < 1.29 is 27.5 Å². The summed E-state index contributed by atoms with van der Waals surface area (Å²) < 4.78 is 42.0. The van der Waals surface area contributed by atoms with Gasteiger partial charge in [-0.05, 0) is 35.9 Å². The summed E-state index contributed by atoms with van der Waals surface area (Å²) in [4.78, 5) is 27.6. The SMILES string of the molecule is O=C1N[C@H](CCC(=O)N2CC3(CN(Cc4ccc(SC(F)(F)F)cc4)C3)C2)CO1. The van der Waals surface area contributed by atoms with Gasteiger partial charge in [-0.3, -0.25) is 9.69 Å². The van der Waals surface area contributed by atoms with Gasteiger partial charge >= 0.3 is 11.6 Å². The van der Waals surface area contributed by atoms with Gasteiger partial charge in [0.25, 0.3) is 0 Å². The number of alkyl halides is 3. The Morgan fingerprint density at radius 1 is 1.21 bits per heavy atom. The topological polar surface area (TPSA) is 61.9 Å². The quantitative estimate of drug-likeness (QED) is 0.705. The number of nitrogens with zero attached hydrogens (tertiary/aromatic N) is 2. The number of hydrogen-bond donors (Lipinski definition) is 1. The number of carbonyl (C=O) groups excluding carboxylic acids is 2. The molecule has 10 heteroatoms. The van der Waals surface area contributed by atoms with Crippen LogP contribution in [0.1, 0.15) is 18.4 Å². The summed E-state index contributed by atoms with van der Waals surface area (Å²) in [6.07, 6.45) is 0.563. The Bertz CT molecular complexity index is 773. The number of hydrogen-bond acceptors (Lipinski definition) is 5. The van der Waals surface area contributed by atoms with Crippen LogP contribution in [0.5, 0.6) is 0 Å². The van der Waals surface area contributed by atoms with Crippen LogP contribution in [0.25, 0.3) is 0 Å². The molecule has 0 bridgehead atoms. The molecule has 3 aliphatic rings. The normalized spacial score (nSPS) is 23.3. The molecule has 4 rings (SSSR count). The van der Waals surface area contributed by atoms with E-state index in [4.69, 9.17) is 4.74 Å². The van der Waals surface area contributed by atoms with E-state index in [9.17, 15) is 22.8 Å². The molecule has 1 N–H and O–H groups in total. The van der Waals surface area contributed by atoms with Crippen molar-refractivity contribution in [2.24, 2.45) is 5.41 Å². The zero-order valence-corrected chi connectivity index (χ0v) is 16.5. The molecule has 1 aromatic rings. The molecule has 0 radical (unpaired) electrons. The van der Waals surface area contributed by atoms with Gasteiger partial charge in [0.1, 0.15) is 6.61 Å². The fourth-order valence-corrected chi connectivity index (χ4v) is 4.79. The summed E-state index contributed by atoms with van der Waals surface area (Å²) >= 11 is -0.103. The standard InChI is InChI=1S/C19H22F3N3O3S/c20-19(21,22)29-15-4-1-13(2-5-15)7-24-9-18(10-24)11-25(12-18)16(26)6-3-14-8-28-17(27)23-14/h1-2,4-5,14H,3,6-12H2,(H,23,27)/t14-/m1/s1. The van der Waals surface area contributed by atoms with Gasteiger partial charge in [0.2, 0.25) is 5.91 Å². The van der Waals surface area contributed by atoms with Gasteiger partial charge in [0.15, 0.2) is 0 Å². The molecule has 3 aliphatic heterocycles. The third-order valence-corrected chi connectivity index (χ3v) is 6.27. The van der Waals surface area contributed by atoms with E-state index in [1.807, 2.05) is 4.90 Å². The van der Waals surface area contributed by atoms with E-state index >= 15 is 0 Å². The van der Waals surface area contributed by atoms with Crippen molar-refractivity contribution in [2.75, 3.05) is 32.8 Å². The first kappa shape index (κ1) is 20.3. The Balaban J connectivity index is 1.15. The zero-order chi connectivity index (χ0) is 20.6. The molecule has 2 amide bonds. The molecule has 0 aliphatic carbocycles. The molecule has 3 saturated heterocycles. The molecule has 0 unspecified atom stereocenters. The van der Waals surface area contributed by atoms with Crippen molar-refractivity contribution in [3.63, 3.8) is 0 Å². The third-order valence-electron chi connectivity index (χ3n) is 5.53. The first-order chi connectivity index (χ1) is 13.7. The maximum atomic E-state index is 12.4. The van der Waals surface area contributed by atoms with Crippen LogP contribution in [0.4, 0.5) is 18.0 Å². The first-order valence-electron chi connectivity index (χ1n) is 9.48. The number of ether oxygens (including phenoxy) is 1. The molecule has 0 saturated carbocycles. The molecule has 158 valence electrons. The largest absolute Gasteiger partial charge is 0.447 e. The molecule has 1 aromatic carbocycles. The van der Waals surface area contributed by atoms with Gasteiger partial charge < -0.3 is 15.0 Å². The lowest BCUT2D eigenvalue weighted by Crippen LogP contribution is -2.72. The summed E-state index contributed by atoms with van der Waals surface area (Å²) in [7, 11) is 0. The lowest BCUT2D eigenvalue weighted by molar-refractivity contribution is -0.160. The second-order valence-electron chi connectivity index (χ2n) is 8.07. The van der Waals surface area contributed by atoms with E-state index in [-0.39, 0.29) is 34.0 Å². The predicted octanol–water partition coefficient (Wildman–Crippen LogP) is 2.83. The van der Waals surface area contributed by atoms with Crippen LogP contribution in [0.2, 0.25) is 0 Å². The van der Waals surface area contributed by atoms with Gasteiger partial charge in [-0.2, -0.15) is 13.2 Å². The van der Waals surface area contributed by atoms with Gasteiger partial charge in [-0.15, -0.1) is 0 Å². The highest BCUT2D eigenvalue weighted by Crippen LogP contribution is 2.41. The minimum atomic E-state index is -4.27. The Morgan fingerprint density at radius 3 is 2.48 bits per heavy atom. The summed E-state index contributed by atoms with van der Waals surface area (Å²) in [6.45, 7) is 4.30. The molecular weight excluding hydrogens is 407 g/mol. The second-order valence-corrected chi connectivity index (χ2v) is 9.20. The van der Waals surface area contributed by atoms with Crippen molar-refractivity contribution in [2.45, 2.75) is 35.8 Å². The highest BCUT2D eigenvalue weighted by molar-refractivity contribution is 8.00. The number of halogens is 3. The smallest absolute Gasteiger partial charge is 0.446 e. The number of alkyl carbamates (subject to hydrolysis) is 1. The average molecular weight is 429 g/mol. The number of amides is 2. The second kappa shape index (κ2) is 7.71. The van der Waals surface area contributed by atoms with Crippen LogP contribution in [-0.4, -0.2) is 66.1 Å². The van der Waals surface area contributed by atoms with Crippen LogP contribution in [0, 0.1) is 5.41 Å². The van der Waals surface area contributed by atoms with Gasteiger partial charge in [-0.25, -0.2) is 4.79 Å².